The molecule has 3 rings (SSSR count). The lowest BCUT2D eigenvalue weighted by Gasteiger charge is -2.19. The monoisotopic (exact) mass is 299 g/mol. The van der Waals surface area contributed by atoms with Crippen LogP contribution in [0, 0.1) is 6.92 Å². The Labute approximate surface area is 130 Å². The van der Waals surface area contributed by atoms with Crippen molar-refractivity contribution in [2.75, 3.05) is 6.54 Å². The molecule has 0 unspecified atom stereocenters. The molecule has 0 saturated carbocycles. The summed E-state index contributed by atoms with van der Waals surface area (Å²) in [7, 11) is 0. The summed E-state index contributed by atoms with van der Waals surface area (Å²) in [5.74, 6) is 0.152. The summed E-state index contributed by atoms with van der Waals surface area (Å²) in [6, 6.07) is 11.9. The second-order valence-corrected chi connectivity index (χ2v) is 5.97. The summed E-state index contributed by atoms with van der Waals surface area (Å²) < 4.78 is 0. The molecular formula is C18H18ClNO. The molecule has 0 atom stereocenters. The fourth-order valence-electron chi connectivity index (χ4n) is 2.86. The highest BCUT2D eigenvalue weighted by molar-refractivity contribution is 6.31. The van der Waals surface area contributed by atoms with E-state index in [0.717, 1.165) is 36.2 Å². The van der Waals surface area contributed by atoms with Crippen molar-refractivity contribution in [3.05, 3.63) is 69.2 Å². The number of ketones is 1. The highest BCUT2D eigenvalue weighted by Gasteiger charge is 2.18. The Hall–Kier alpha value is -1.64. The molecule has 0 amide bonds. The van der Waals surface area contributed by atoms with Gasteiger partial charge in [-0.2, -0.15) is 0 Å². The summed E-state index contributed by atoms with van der Waals surface area (Å²) in [5.41, 5.74) is 5.30. The summed E-state index contributed by atoms with van der Waals surface area (Å²) >= 11 is 6.24. The first-order valence-corrected chi connectivity index (χ1v) is 7.62. The highest BCUT2D eigenvalue weighted by Crippen LogP contribution is 2.23. The maximum absolute atomic E-state index is 12.6. The van der Waals surface area contributed by atoms with Gasteiger partial charge in [-0.05, 0) is 48.2 Å². The predicted molar refractivity (Wildman–Crippen MR) is 86.1 cm³/mol. The van der Waals surface area contributed by atoms with E-state index in [0.29, 0.717) is 11.4 Å². The Morgan fingerprint density at radius 1 is 1.29 bits per heavy atom. The van der Waals surface area contributed by atoms with Gasteiger partial charge in [0.15, 0.2) is 5.78 Å². The van der Waals surface area contributed by atoms with Crippen molar-refractivity contribution in [3.8, 4) is 0 Å². The van der Waals surface area contributed by atoms with Gasteiger partial charge >= 0.3 is 0 Å². The van der Waals surface area contributed by atoms with Crippen molar-refractivity contribution >= 4 is 17.4 Å². The van der Waals surface area contributed by atoms with E-state index >= 15 is 0 Å². The number of aryl methyl sites for hydroxylation is 1. The number of carbonyl (C=O) groups excluding carboxylic acids is 1. The predicted octanol–water partition coefficient (Wildman–Crippen LogP) is 3.72. The molecule has 0 aromatic heterocycles. The number of halogens is 1. The van der Waals surface area contributed by atoms with E-state index in [-0.39, 0.29) is 5.78 Å². The summed E-state index contributed by atoms with van der Waals surface area (Å²) in [5, 5.41) is 4.02. The van der Waals surface area contributed by atoms with Crippen molar-refractivity contribution < 1.29 is 4.79 Å². The van der Waals surface area contributed by atoms with Crippen LogP contribution in [0.4, 0.5) is 0 Å². The highest BCUT2D eigenvalue weighted by atomic mass is 35.5. The molecular weight excluding hydrogens is 282 g/mol. The van der Waals surface area contributed by atoms with E-state index < -0.39 is 0 Å². The molecule has 108 valence electrons. The van der Waals surface area contributed by atoms with Crippen LogP contribution in [0.15, 0.2) is 36.4 Å². The maximum Gasteiger partial charge on any atom is 0.167 e. The minimum atomic E-state index is 0.152. The number of carbonyl (C=O) groups is 1. The first kappa shape index (κ1) is 14.3. The maximum atomic E-state index is 12.6. The molecule has 21 heavy (non-hydrogen) atoms. The third-order valence-electron chi connectivity index (χ3n) is 4.00. The van der Waals surface area contributed by atoms with Crippen LogP contribution in [-0.4, -0.2) is 12.3 Å². The van der Waals surface area contributed by atoms with Crippen LogP contribution >= 0.6 is 11.6 Å². The molecule has 0 bridgehead atoms. The Morgan fingerprint density at radius 2 is 2.14 bits per heavy atom. The van der Waals surface area contributed by atoms with Crippen molar-refractivity contribution in [1.82, 2.24) is 5.32 Å². The van der Waals surface area contributed by atoms with E-state index in [1.165, 1.54) is 11.1 Å². The molecule has 1 aliphatic heterocycles. The Morgan fingerprint density at radius 3 is 2.95 bits per heavy atom. The zero-order chi connectivity index (χ0) is 14.8. The van der Waals surface area contributed by atoms with Crippen molar-refractivity contribution in [2.45, 2.75) is 26.3 Å². The van der Waals surface area contributed by atoms with Gasteiger partial charge in [-0.15, -0.1) is 0 Å². The van der Waals surface area contributed by atoms with Gasteiger partial charge in [0.1, 0.15) is 0 Å². The minimum Gasteiger partial charge on any atom is -0.312 e. The third kappa shape index (κ3) is 3.02. The largest absolute Gasteiger partial charge is 0.312 e. The van der Waals surface area contributed by atoms with Crippen LogP contribution < -0.4 is 5.32 Å². The Bertz CT molecular complexity index is 694. The van der Waals surface area contributed by atoms with Crippen molar-refractivity contribution in [1.29, 1.82) is 0 Å². The minimum absolute atomic E-state index is 0.152. The zero-order valence-electron chi connectivity index (χ0n) is 12.1. The number of nitrogens with one attached hydrogen (secondary N) is 1. The average molecular weight is 300 g/mol. The van der Waals surface area contributed by atoms with Gasteiger partial charge in [-0.1, -0.05) is 41.9 Å². The normalized spacial score (nSPS) is 13.8. The molecule has 1 N–H and O–H groups in total. The van der Waals surface area contributed by atoms with Crippen molar-refractivity contribution in [3.63, 3.8) is 0 Å². The van der Waals surface area contributed by atoms with Gasteiger partial charge in [0.2, 0.25) is 0 Å². The quantitative estimate of drug-likeness (QED) is 0.875. The molecule has 2 aromatic rings. The molecule has 3 heteroatoms. The second kappa shape index (κ2) is 6.00. The summed E-state index contributed by atoms with van der Waals surface area (Å²) in [6.45, 7) is 3.78. The molecule has 0 saturated heterocycles. The summed E-state index contributed by atoms with van der Waals surface area (Å²) in [6.07, 6.45) is 1.28. The number of hydrogen-bond acceptors (Lipinski definition) is 2. The summed E-state index contributed by atoms with van der Waals surface area (Å²) in [4.78, 5) is 12.6. The lowest BCUT2D eigenvalue weighted by atomic mass is 9.91. The van der Waals surface area contributed by atoms with Crippen LogP contribution in [0.2, 0.25) is 5.02 Å². The SMILES string of the molecule is Cc1ccc(CC(=O)c2cccc3c2CCNC3)c(Cl)c1. The molecule has 0 spiro atoms. The molecule has 2 nitrogen and oxygen atoms in total. The number of benzene rings is 2. The van der Waals surface area contributed by atoms with Gasteiger partial charge in [0.05, 0.1) is 0 Å². The number of hydrogen-bond donors (Lipinski definition) is 1. The molecule has 0 aliphatic carbocycles. The Kier molecular flexibility index (Phi) is 4.09. The van der Waals surface area contributed by atoms with E-state index in [4.69, 9.17) is 11.6 Å². The van der Waals surface area contributed by atoms with Gasteiger partial charge in [-0.3, -0.25) is 4.79 Å². The molecule has 1 aliphatic rings. The first-order valence-electron chi connectivity index (χ1n) is 7.25. The van der Waals surface area contributed by atoms with E-state index in [1.807, 2.05) is 37.3 Å². The first-order chi connectivity index (χ1) is 10.1. The molecule has 0 fully saturated rings. The van der Waals surface area contributed by atoms with Gasteiger partial charge in [0.25, 0.3) is 0 Å². The lowest BCUT2D eigenvalue weighted by molar-refractivity contribution is 0.0992. The van der Waals surface area contributed by atoms with Gasteiger partial charge < -0.3 is 5.32 Å². The second-order valence-electron chi connectivity index (χ2n) is 5.56. The van der Waals surface area contributed by atoms with Gasteiger partial charge in [-0.25, -0.2) is 0 Å². The molecule has 2 aromatic carbocycles. The van der Waals surface area contributed by atoms with Crippen LogP contribution in [0.3, 0.4) is 0 Å². The van der Waals surface area contributed by atoms with E-state index in [1.54, 1.807) is 0 Å². The average Bonchev–Trinajstić information content (AvgIpc) is 2.49. The zero-order valence-corrected chi connectivity index (χ0v) is 12.8. The number of Topliss-reactive ketones (excluding diaryl/α,β-unsaturated/α-hetero) is 1. The van der Waals surface area contributed by atoms with Crippen LogP contribution in [0.1, 0.15) is 32.6 Å². The van der Waals surface area contributed by atoms with Crippen LogP contribution in [0.25, 0.3) is 0 Å². The fraction of sp³-hybridized carbons (Fsp3) is 0.278. The number of rotatable bonds is 3. The van der Waals surface area contributed by atoms with Gasteiger partial charge in [0, 0.05) is 23.6 Å². The smallest absolute Gasteiger partial charge is 0.167 e. The van der Waals surface area contributed by atoms with Crippen LogP contribution in [0.5, 0.6) is 0 Å². The standard InChI is InChI=1S/C18H18ClNO/c1-12-5-6-13(17(19)9-12)10-18(21)16-4-2-3-14-11-20-8-7-15(14)16/h2-6,9,20H,7-8,10-11H2,1H3. The van der Waals surface area contributed by atoms with E-state index in [2.05, 4.69) is 11.4 Å². The van der Waals surface area contributed by atoms with Crippen molar-refractivity contribution in [2.24, 2.45) is 0 Å². The molecule has 1 heterocycles. The molecule has 0 radical (unpaired) electrons. The van der Waals surface area contributed by atoms with Crippen LogP contribution in [-0.2, 0) is 19.4 Å². The Balaban J connectivity index is 1.89. The third-order valence-corrected chi connectivity index (χ3v) is 4.35. The fourth-order valence-corrected chi connectivity index (χ4v) is 3.16. The lowest BCUT2D eigenvalue weighted by Crippen LogP contribution is -2.25. The topological polar surface area (TPSA) is 29.1 Å². The van der Waals surface area contributed by atoms with E-state index in [9.17, 15) is 4.79 Å². The number of fused-ring (bicyclic) bond motifs is 1.